The summed E-state index contributed by atoms with van der Waals surface area (Å²) in [5.74, 6) is 1.76. The number of esters is 1. The Morgan fingerprint density at radius 1 is 0.949 bits per heavy atom. The second kappa shape index (κ2) is 12.2. The van der Waals surface area contributed by atoms with Crippen LogP contribution < -0.4 is 5.84 Å². The molecule has 0 bridgehead atoms. The highest BCUT2D eigenvalue weighted by molar-refractivity contribution is 5.72. The van der Waals surface area contributed by atoms with Crippen LogP contribution >= 0.6 is 0 Å². The third kappa shape index (κ3) is 7.11. The van der Waals surface area contributed by atoms with Crippen LogP contribution in [-0.4, -0.2) is 76.5 Å². The number of methoxy groups -OCH3 is 1. The van der Waals surface area contributed by atoms with Crippen LogP contribution in [0.1, 0.15) is 89.0 Å². The van der Waals surface area contributed by atoms with Crippen LogP contribution in [0.15, 0.2) is 10.3 Å². The first-order valence-corrected chi connectivity index (χ1v) is 14.1. The van der Waals surface area contributed by atoms with Crippen LogP contribution in [0.5, 0.6) is 0 Å². The zero-order valence-corrected chi connectivity index (χ0v) is 25.9. The predicted octanol–water partition coefficient (Wildman–Crippen LogP) is 3.74. The summed E-state index contributed by atoms with van der Waals surface area (Å²) >= 11 is 0. The molecule has 11 heteroatoms. The molecule has 0 aromatic rings. The van der Waals surface area contributed by atoms with Crippen molar-refractivity contribution in [3.8, 4) is 0 Å². The summed E-state index contributed by atoms with van der Waals surface area (Å²) in [5.41, 5.74) is -1.79. The van der Waals surface area contributed by atoms with Crippen molar-refractivity contribution in [2.24, 2.45) is 39.9 Å². The number of rotatable bonds is 12. The average molecular weight is 560 g/mol. The van der Waals surface area contributed by atoms with Crippen LogP contribution in [0, 0.1) is 23.7 Å². The number of hydrogen-bond acceptors (Lipinski definition) is 10. The van der Waals surface area contributed by atoms with Crippen molar-refractivity contribution < 1.29 is 38.7 Å². The zero-order chi connectivity index (χ0) is 30.1. The molecule has 2 aliphatic heterocycles. The molecular formula is C28H53N3O8. The Morgan fingerprint density at radius 2 is 1.49 bits per heavy atom. The lowest BCUT2D eigenvalue weighted by atomic mass is 9.73. The van der Waals surface area contributed by atoms with E-state index in [0.29, 0.717) is 12.8 Å². The van der Waals surface area contributed by atoms with Gasteiger partial charge in [0, 0.05) is 11.8 Å². The Morgan fingerprint density at radius 3 is 2.00 bits per heavy atom. The molecule has 11 atom stereocenters. The standard InChI is InChI=1S/C28H53N3O8/c1-13-19(32)28(11)23(37-26(8,9)39-28)16(3)20(30-31-29)15(2)14-27(10)22(36-25(6,7)38-27)17(4)21(33)18(5)24(34)35-12/h15-23,32-33H,13-14H2,1-12H3,(H2,29,30). The van der Waals surface area contributed by atoms with Gasteiger partial charge in [-0.1, -0.05) is 32.9 Å². The van der Waals surface area contributed by atoms with E-state index in [4.69, 9.17) is 29.5 Å². The first kappa shape index (κ1) is 33.8. The van der Waals surface area contributed by atoms with Gasteiger partial charge in [0.15, 0.2) is 11.6 Å². The summed E-state index contributed by atoms with van der Waals surface area (Å²) < 4.78 is 30.2. The lowest BCUT2D eigenvalue weighted by Gasteiger charge is -2.41. The topological polar surface area (TPSA) is 154 Å². The van der Waals surface area contributed by atoms with Crippen molar-refractivity contribution in [1.82, 2.24) is 0 Å². The highest BCUT2D eigenvalue weighted by atomic mass is 16.8. The second-order valence-electron chi connectivity index (χ2n) is 12.9. The molecule has 4 N–H and O–H groups in total. The quantitative estimate of drug-likeness (QED) is 0.140. The van der Waals surface area contributed by atoms with Gasteiger partial charge in [-0.3, -0.25) is 4.79 Å². The van der Waals surface area contributed by atoms with E-state index < -0.39 is 71.0 Å². The summed E-state index contributed by atoms with van der Waals surface area (Å²) in [4.78, 5) is 12.1. The minimum atomic E-state index is -1.00. The van der Waals surface area contributed by atoms with E-state index in [1.165, 1.54) is 7.11 Å². The molecule has 2 aliphatic rings. The fourth-order valence-corrected chi connectivity index (χ4v) is 6.94. The predicted molar refractivity (Wildman–Crippen MR) is 145 cm³/mol. The number of carbonyl (C=O) groups excluding carboxylic acids is 1. The van der Waals surface area contributed by atoms with Gasteiger partial charge in [0.05, 0.1) is 49.1 Å². The van der Waals surface area contributed by atoms with Gasteiger partial charge in [-0.25, -0.2) is 0 Å². The highest BCUT2D eigenvalue weighted by Gasteiger charge is 2.59. The van der Waals surface area contributed by atoms with Crippen LogP contribution in [0.2, 0.25) is 0 Å². The molecule has 2 fully saturated rings. The van der Waals surface area contributed by atoms with Crippen molar-refractivity contribution in [1.29, 1.82) is 0 Å². The average Bonchev–Trinajstić information content (AvgIpc) is 3.26. The highest BCUT2D eigenvalue weighted by Crippen LogP contribution is 2.48. The molecule has 0 radical (unpaired) electrons. The van der Waals surface area contributed by atoms with Gasteiger partial charge < -0.3 is 39.7 Å². The molecule has 0 saturated carbocycles. The van der Waals surface area contributed by atoms with Crippen LogP contribution in [0.4, 0.5) is 0 Å². The normalized spacial score (nSPS) is 35.7. The maximum absolute atomic E-state index is 12.1. The summed E-state index contributed by atoms with van der Waals surface area (Å²) in [6.07, 6.45) is -1.77. The molecule has 228 valence electrons. The van der Waals surface area contributed by atoms with Crippen LogP contribution in [0.25, 0.3) is 0 Å². The zero-order valence-electron chi connectivity index (χ0n) is 25.9. The van der Waals surface area contributed by atoms with E-state index in [1.807, 2.05) is 69.2 Å². The molecule has 0 aromatic carbocycles. The Balaban J connectivity index is 2.37. The largest absolute Gasteiger partial charge is 0.469 e. The lowest BCUT2D eigenvalue weighted by Crippen LogP contribution is -2.53. The molecule has 0 aliphatic carbocycles. The molecule has 11 unspecified atom stereocenters. The first-order chi connectivity index (χ1) is 17.8. The van der Waals surface area contributed by atoms with E-state index >= 15 is 0 Å². The fourth-order valence-electron chi connectivity index (χ4n) is 6.94. The molecule has 0 aromatic heterocycles. The number of nitrogens with two attached hydrogens (primary N) is 1. The van der Waals surface area contributed by atoms with Gasteiger partial charge >= 0.3 is 5.97 Å². The molecule has 0 spiro atoms. The molecule has 39 heavy (non-hydrogen) atoms. The number of carbonyl (C=O) groups is 1. The van der Waals surface area contributed by atoms with E-state index in [9.17, 15) is 15.0 Å². The van der Waals surface area contributed by atoms with Crippen molar-refractivity contribution in [3.63, 3.8) is 0 Å². The minimum Gasteiger partial charge on any atom is -0.469 e. The Bertz CT molecular complexity index is 870. The summed E-state index contributed by atoms with van der Waals surface area (Å²) in [5, 5.41) is 30.1. The van der Waals surface area contributed by atoms with E-state index in [-0.39, 0.29) is 11.8 Å². The van der Waals surface area contributed by atoms with Gasteiger partial charge in [-0.2, -0.15) is 5.11 Å². The monoisotopic (exact) mass is 559 g/mol. The molecule has 2 heterocycles. The Labute approximate surface area is 234 Å². The number of aliphatic hydroxyl groups is 2. The first-order valence-electron chi connectivity index (χ1n) is 14.1. The van der Waals surface area contributed by atoms with E-state index in [2.05, 4.69) is 10.3 Å². The minimum absolute atomic E-state index is 0.130. The van der Waals surface area contributed by atoms with Gasteiger partial charge in [0.2, 0.25) is 0 Å². The second-order valence-corrected chi connectivity index (χ2v) is 12.9. The molecule has 0 amide bonds. The van der Waals surface area contributed by atoms with Gasteiger partial charge in [0.25, 0.3) is 0 Å². The van der Waals surface area contributed by atoms with Gasteiger partial charge in [0.1, 0.15) is 5.60 Å². The molecule has 2 rings (SSSR count). The van der Waals surface area contributed by atoms with Crippen LogP contribution in [0.3, 0.4) is 0 Å². The SMILES string of the molecule is CCC(O)C1(C)OC(C)(C)OC1C(C)C(N=NN)C(C)CC1(C)OC(C)(C)OC1C(C)C(O)C(C)C(=O)OC. The third-order valence-corrected chi connectivity index (χ3v) is 8.61. The number of ether oxygens (including phenoxy) is 5. The Hall–Kier alpha value is -1.37. The van der Waals surface area contributed by atoms with E-state index in [1.54, 1.807) is 6.92 Å². The van der Waals surface area contributed by atoms with Crippen molar-refractivity contribution in [2.45, 2.75) is 142 Å². The summed E-state index contributed by atoms with van der Waals surface area (Å²) in [7, 11) is 1.30. The summed E-state index contributed by atoms with van der Waals surface area (Å²) in [6.45, 7) is 20.6. The number of aliphatic hydroxyl groups excluding tert-OH is 2. The van der Waals surface area contributed by atoms with Crippen molar-refractivity contribution in [2.75, 3.05) is 7.11 Å². The summed E-state index contributed by atoms with van der Waals surface area (Å²) in [6, 6.07) is -0.403. The molecular weight excluding hydrogens is 506 g/mol. The molecule has 2 saturated heterocycles. The van der Waals surface area contributed by atoms with Crippen molar-refractivity contribution >= 4 is 5.97 Å². The van der Waals surface area contributed by atoms with Crippen LogP contribution in [-0.2, 0) is 28.5 Å². The molecule has 11 nitrogen and oxygen atoms in total. The maximum atomic E-state index is 12.1. The van der Waals surface area contributed by atoms with Gasteiger partial charge in [-0.05, 0) is 67.2 Å². The number of hydrogen-bond donors (Lipinski definition) is 3. The third-order valence-electron chi connectivity index (χ3n) is 8.61. The number of nitrogens with zero attached hydrogens (tertiary/aromatic N) is 2. The van der Waals surface area contributed by atoms with Gasteiger partial charge in [-0.15, -0.1) is 0 Å². The Kier molecular flexibility index (Phi) is 10.6. The van der Waals surface area contributed by atoms with E-state index in [0.717, 1.165) is 0 Å². The maximum Gasteiger partial charge on any atom is 0.311 e. The fraction of sp³-hybridized carbons (Fsp3) is 0.964. The smallest absolute Gasteiger partial charge is 0.311 e. The lowest BCUT2D eigenvalue weighted by molar-refractivity contribution is -0.179. The van der Waals surface area contributed by atoms with Crippen molar-refractivity contribution in [3.05, 3.63) is 0 Å².